The maximum absolute atomic E-state index is 12.0. The number of hydrogen-bond acceptors (Lipinski definition) is 5. The molecule has 1 saturated heterocycles. The van der Waals surface area contributed by atoms with Gasteiger partial charge in [-0.05, 0) is 25.0 Å². The van der Waals surface area contributed by atoms with Gasteiger partial charge in [0.2, 0.25) is 5.91 Å². The van der Waals surface area contributed by atoms with E-state index in [9.17, 15) is 4.79 Å². The van der Waals surface area contributed by atoms with E-state index in [-0.39, 0.29) is 12.2 Å². The van der Waals surface area contributed by atoms with Crippen molar-refractivity contribution in [3.8, 4) is 5.75 Å². The first-order valence-electron chi connectivity index (χ1n) is 7.50. The van der Waals surface area contributed by atoms with Gasteiger partial charge in [-0.1, -0.05) is 17.7 Å². The smallest absolute Gasteiger partial charge is 0.237 e. The Bertz CT molecular complexity index is 501. The van der Waals surface area contributed by atoms with E-state index in [0.29, 0.717) is 32.6 Å². The molecule has 6 heteroatoms. The molecule has 6 nitrogen and oxygen atoms in total. The number of rotatable bonds is 7. The van der Waals surface area contributed by atoms with Gasteiger partial charge >= 0.3 is 0 Å². The highest BCUT2D eigenvalue weighted by molar-refractivity contribution is 5.81. The first-order chi connectivity index (χ1) is 10.6. The van der Waals surface area contributed by atoms with Crippen LogP contribution in [0.1, 0.15) is 17.5 Å². The van der Waals surface area contributed by atoms with Crippen LogP contribution in [0, 0.1) is 6.92 Å². The number of nitrogens with two attached hydrogens (primary N) is 1. The van der Waals surface area contributed by atoms with Crippen LogP contribution in [-0.4, -0.2) is 45.1 Å². The lowest BCUT2D eigenvalue weighted by Crippen LogP contribution is -2.43. The minimum Gasteiger partial charge on any atom is -0.496 e. The summed E-state index contributed by atoms with van der Waals surface area (Å²) in [7, 11) is 1.64. The Labute approximate surface area is 130 Å². The van der Waals surface area contributed by atoms with Crippen molar-refractivity contribution in [2.75, 3.05) is 26.9 Å². The summed E-state index contributed by atoms with van der Waals surface area (Å²) in [5.41, 5.74) is 8.09. The van der Waals surface area contributed by atoms with Gasteiger partial charge in [-0.3, -0.25) is 4.79 Å². The SMILES string of the molecule is COc1ccc(C)cc1CCNC(=O)C(N)CC1OCCO1. The summed E-state index contributed by atoms with van der Waals surface area (Å²) in [6, 6.07) is 5.37. The molecule has 1 amide bonds. The Hall–Kier alpha value is -1.63. The van der Waals surface area contributed by atoms with Crippen molar-refractivity contribution in [1.29, 1.82) is 0 Å². The predicted molar refractivity (Wildman–Crippen MR) is 82.7 cm³/mol. The molecule has 2 rings (SSSR count). The molecule has 0 spiro atoms. The molecule has 1 atom stereocenters. The van der Waals surface area contributed by atoms with Crippen molar-refractivity contribution < 1.29 is 19.0 Å². The predicted octanol–water partition coefficient (Wildman–Crippen LogP) is 0.753. The molecule has 0 aromatic heterocycles. The largest absolute Gasteiger partial charge is 0.496 e. The standard InChI is InChI=1S/C16H24N2O4/c1-11-3-4-14(20-2)12(9-11)5-6-18-16(19)13(17)10-15-21-7-8-22-15/h3-4,9,13,15H,5-8,10,17H2,1-2H3,(H,18,19). The van der Waals surface area contributed by atoms with E-state index < -0.39 is 6.04 Å². The zero-order valence-corrected chi connectivity index (χ0v) is 13.1. The number of hydrogen-bond donors (Lipinski definition) is 2. The van der Waals surface area contributed by atoms with Gasteiger partial charge in [-0.2, -0.15) is 0 Å². The number of ether oxygens (including phenoxy) is 3. The van der Waals surface area contributed by atoms with Crippen LogP contribution < -0.4 is 15.8 Å². The molecule has 1 aliphatic rings. The normalized spacial score (nSPS) is 16.5. The highest BCUT2D eigenvalue weighted by atomic mass is 16.7. The third kappa shape index (κ3) is 4.69. The molecule has 22 heavy (non-hydrogen) atoms. The van der Waals surface area contributed by atoms with Crippen LogP contribution in [-0.2, 0) is 20.7 Å². The van der Waals surface area contributed by atoms with E-state index in [1.807, 2.05) is 19.1 Å². The van der Waals surface area contributed by atoms with Crippen molar-refractivity contribution in [2.24, 2.45) is 5.73 Å². The lowest BCUT2D eigenvalue weighted by atomic mass is 10.1. The van der Waals surface area contributed by atoms with E-state index in [1.165, 1.54) is 0 Å². The van der Waals surface area contributed by atoms with Crippen molar-refractivity contribution in [3.05, 3.63) is 29.3 Å². The van der Waals surface area contributed by atoms with Gasteiger partial charge in [0.15, 0.2) is 6.29 Å². The Kier molecular flexibility index (Phi) is 6.18. The van der Waals surface area contributed by atoms with Crippen LogP contribution >= 0.6 is 0 Å². The lowest BCUT2D eigenvalue weighted by Gasteiger charge is -2.16. The van der Waals surface area contributed by atoms with Crippen LogP contribution in [0.5, 0.6) is 5.75 Å². The van der Waals surface area contributed by atoms with Gasteiger partial charge in [0.25, 0.3) is 0 Å². The zero-order chi connectivity index (χ0) is 15.9. The number of carbonyl (C=O) groups excluding carboxylic acids is 1. The summed E-state index contributed by atoms with van der Waals surface area (Å²) >= 11 is 0. The fraction of sp³-hybridized carbons (Fsp3) is 0.562. The first kappa shape index (κ1) is 16.7. The Balaban J connectivity index is 1.77. The van der Waals surface area contributed by atoms with Crippen molar-refractivity contribution in [1.82, 2.24) is 5.32 Å². The summed E-state index contributed by atoms with van der Waals surface area (Å²) in [6.45, 7) is 3.66. The number of nitrogens with one attached hydrogen (secondary N) is 1. The molecular weight excluding hydrogens is 284 g/mol. The maximum Gasteiger partial charge on any atom is 0.237 e. The minimum absolute atomic E-state index is 0.189. The molecule has 0 aliphatic carbocycles. The lowest BCUT2D eigenvalue weighted by molar-refractivity contribution is -0.125. The van der Waals surface area contributed by atoms with E-state index in [4.69, 9.17) is 19.9 Å². The number of amides is 1. The van der Waals surface area contributed by atoms with Crippen molar-refractivity contribution in [2.45, 2.75) is 32.1 Å². The molecule has 0 saturated carbocycles. The van der Waals surface area contributed by atoms with Gasteiger partial charge in [0.05, 0.1) is 26.4 Å². The molecule has 1 aliphatic heterocycles. The second-order valence-electron chi connectivity index (χ2n) is 5.37. The average Bonchev–Trinajstić information content (AvgIpc) is 3.00. The van der Waals surface area contributed by atoms with E-state index in [2.05, 4.69) is 11.4 Å². The van der Waals surface area contributed by atoms with E-state index in [0.717, 1.165) is 16.9 Å². The molecule has 1 unspecified atom stereocenters. The van der Waals surface area contributed by atoms with Crippen molar-refractivity contribution >= 4 is 5.91 Å². The monoisotopic (exact) mass is 308 g/mol. The third-order valence-corrected chi connectivity index (χ3v) is 3.60. The van der Waals surface area contributed by atoms with Gasteiger partial charge in [0, 0.05) is 13.0 Å². The molecule has 0 radical (unpaired) electrons. The highest BCUT2D eigenvalue weighted by Gasteiger charge is 2.23. The summed E-state index contributed by atoms with van der Waals surface area (Å²) in [6.07, 6.45) is 0.705. The maximum atomic E-state index is 12.0. The number of aryl methyl sites for hydroxylation is 1. The number of methoxy groups -OCH3 is 1. The summed E-state index contributed by atoms with van der Waals surface area (Å²) in [5, 5.41) is 2.85. The molecule has 1 fully saturated rings. The number of carbonyl (C=O) groups is 1. The fourth-order valence-corrected chi connectivity index (χ4v) is 2.41. The topological polar surface area (TPSA) is 82.8 Å². The quantitative estimate of drug-likeness (QED) is 0.777. The molecule has 1 aromatic rings. The first-order valence-corrected chi connectivity index (χ1v) is 7.50. The molecule has 0 bridgehead atoms. The molecular formula is C16H24N2O4. The minimum atomic E-state index is -0.623. The number of benzene rings is 1. The van der Waals surface area contributed by atoms with E-state index in [1.54, 1.807) is 7.11 Å². The van der Waals surface area contributed by atoms with Gasteiger partial charge in [-0.15, -0.1) is 0 Å². The molecule has 1 aromatic carbocycles. The summed E-state index contributed by atoms with van der Waals surface area (Å²) in [4.78, 5) is 12.0. The second-order valence-corrected chi connectivity index (χ2v) is 5.37. The second kappa shape index (κ2) is 8.12. The van der Waals surface area contributed by atoms with Crippen molar-refractivity contribution in [3.63, 3.8) is 0 Å². The van der Waals surface area contributed by atoms with Crippen LogP contribution in [0.2, 0.25) is 0 Å². The fourth-order valence-electron chi connectivity index (χ4n) is 2.41. The Morgan fingerprint density at radius 1 is 1.45 bits per heavy atom. The van der Waals surface area contributed by atoms with Crippen LogP contribution in [0.3, 0.4) is 0 Å². The Morgan fingerprint density at radius 3 is 2.86 bits per heavy atom. The zero-order valence-electron chi connectivity index (χ0n) is 13.1. The van der Waals surface area contributed by atoms with Gasteiger partial charge in [-0.25, -0.2) is 0 Å². The van der Waals surface area contributed by atoms with Crippen LogP contribution in [0.25, 0.3) is 0 Å². The summed E-state index contributed by atoms with van der Waals surface area (Å²) in [5.74, 6) is 0.641. The molecule has 122 valence electrons. The van der Waals surface area contributed by atoms with Gasteiger partial charge < -0.3 is 25.3 Å². The molecule has 3 N–H and O–H groups in total. The van der Waals surface area contributed by atoms with Crippen LogP contribution in [0.4, 0.5) is 0 Å². The summed E-state index contributed by atoms with van der Waals surface area (Å²) < 4.78 is 15.9. The highest BCUT2D eigenvalue weighted by Crippen LogP contribution is 2.19. The third-order valence-electron chi connectivity index (χ3n) is 3.60. The van der Waals surface area contributed by atoms with Gasteiger partial charge in [0.1, 0.15) is 5.75 Å². The molecule has 1 heterocycles. The van der Waals surface area contributed by atoms with Crippen LogP contribution in [0.15, 0.2) is 18.2 Å². The average molecular weight is 308 g/mol. The van der Waals surface area contributed by atoms with E-state index >= 15 is 0 Å². The Morgan fingerprint density at radius 2 is 2.18 bits per heavy atom.